The van der Waals surface area contributed by atoms with Crippen LogP contribution in [0.5, 0.6) is 0 Å². The van der Waals surface area contributed by atoms with E-state index in [-0.39, 0.29) is 17.7 Å². The molecule has 0 atom stereocenters. The van der Waals surface area contributed by atoms with Crippen LogP contribution < -0.4 is 5.32 Å². The van der Waals surface area contributed by atoms with Gasteiger partial charge in [-0.15, -0.1) is 0 Å². The summed E-state index contributed by atoms with van der Waals surface area (Å²) in [7, 11) is 0. The van der Waals surface area contributed by atoms with E-state index < -0.39 is 17.6 Å². The lowest BCUT2D eigenvalue weighted by molar-refractivity contribution is 0.0527. The maximum Gasteiger partial charge on any atom is 0.341 e. The Kier molecular flexibility index (Phi) is 4.67. The lowest BCUT2D eigenvalue weighted by atomic mass is 10.1. The van der Waals surface area contributed by atoms with Crippen molar-refractivity contribution in [2.24, 2.45) is 0 Å². The molecule has 4 nitrogen and oxygen atoms in total. The molecule has 0 unspecified atom stereocenters. The number of hydrogen-bond donors (Lipinski definition) is 1. The van der Waals surface area contributed by atoms with E-state index in [9.17, 15) is 13.6 Å². The first-order valence-electron chi connectivity index (χ1n) is 6.77. The van der Waals surface area contributed by atoms with E-state index in [4.69, 9.17) is 4.74 Å². The van der Waals surface area contributed by atoms with Crippen LogP contribution in [0.4, 0.5) is 14.5 Å². The molecule has 0 aliphatic carbocycles. The number of carbonyl (C=O) groups is 1. The molecule has 0 saturated heterocycles. The van der Waals surface area contributed by atoms with Crippen LogP contribution in [0, 0.1) is 11.6 Å². The van der Waals surface area contributed by atoms with E-state index in [0.29, 0.717) is 17.6 Å². The third-order valence-corrected chi connectivity index (χ3v) is 2.96. The van der Waals surface area contributed by atoms with Gasteiger partial charge in [0.2, 0.25) is 0 Å². The number of nitrogens with zero attached hydrogens (tertiary/aromatic N) is 1. The first-order chi connectivity index (χ1) is 10.1. The molecule has 0 aliphatic rings. The zero-order valence-corrected chi connectivity index (χ0v) is 11.9. The van der Waals surface area contributed by atoms with E-state index in [1.807, 2.05) is 6.92 Å². The standard InChI is InChI=1S/C15H16F2N2O2/c1-3-5-18-14-9-6-11(16)12(17)7-13(9)19-8-10(14)15(20)21-4-2/h6-8H,3-5H2,1-2H3,(H,18,19). The predicted octanol–water partition coefficient (Wildman–Crippen LogP) is 3.51. The Bertz CT molecular complexity index is 674. The molecule has 0 saturated carbocycles. The molecule has 1 N–H and O–H groups in total. The molecule has 1 aromatic heterocycles. The molecule has 0 fully saturated rings. The number of benzene rings is 1. The summed E-state index contributed by atoms with van der Waals surface area (Å²) in [6.45, 7) is 4.47. The highest BCUT2D eigenvalue weighted by atomic mass is 19.2. The van der Waals surface area contributed by atoms with Crippen LogP contribution >= 0.6 is 0 Å². The molecule has 112 valence electrons. The molecule has 0 radical (unpaired) electrons. The summed E-state index contributed by atoms with van der Waals surface area (Å²) in [6, 6.07) is 2.05. The quantitative estimate of drug-likeness (QED) is 0.857. The number of halogens is 2. The molecule has 0 amide bonds. The van der Waals surface area contributed by atoms with Crippen molar-refractivity contribution in [3.05, 3.63) is 35.5 Å². The number of hydrogen-bond acceptors (Lipinski definition) is 4. The van der Waals surface area contributed by atoms with Crippen molar-refractivity contribution in [1.29, 1.82) is 0 Å². The fourth-order valence-electron chi connectivity index (χ4n) is 1.99. The SMILES string of the molecule is CCCNc1c(C(=O)OCC)cnc2cc(F)c(F)cc12. The summed E-state index contributed by atoms with van der Waals surface area (Å²) in [5.41, 5.74) is 0.906. The van der Waals surface area contributed by atoms with Gasteiger partial charge in [-0.25, -0.2) is 13.6 Å². The first-order valence-corrected chi connectivity index (χ1v) is 6.77. The number of anilines is 1. The number of aromatic nitrogens is 1. The number of fused-ring (bicyclic) bond motifs is 1. The van der Waals surface area contributed by atoms with Crippen molar-refractivity contribution in [3.63, 3.8) is 0 Å². The van der Waals surface area contributed by atoms with Crippen LogP contribution in [-0.4, -0.2) is 24.1 Å². The van der Waals surface area contributed by atoms with Gasteiger partial charge in [-0.1, -0.05) is 6.92 Å². The van der Waals surface area contributed by atoms with Crippen LogP contribution in [-0.2, 0) is 4.74 Å². The first kappa shape index (κ1) is 15.2. The zero-order valence-electron chi connectivity index (χ0n) is 11.9. The largest absolute Gasteiger partial charge is 0.462 e. The summed E-state index contributed by atoms with van der Waals surface area (Å²) in [5, 5.41) is 3.42. The molecule has 2 aromatic rings. The minimum absolute atomic E-state index is 0.212. The summed E-state index contributed by atoms with van der Waals surface area (Å²) in [6.07, 6.45) is 2.13. The molecule has 2 rings (SSSR count). The van der Waals surface area contributed by atoms with Crippen molar-refractivity contribution in [1.82, 2.24) is 4.98 Å². The van der Waals surface area contributed by atoms with Gasteiger partial charge in [-0.2, -0.15) is 0 Å². The monoisotopic (exact) mass is 294 g/mol. The molecular weight excluding hydrogens is 278 g/mol. The Hall–Kier alpha value is -2.24. The molecule has 1 aromatic carbocycles. The van der Waals surface area contributed by atoms with Gasteiger partial charge in [0.15, 0.2) is 11.6 Å². The van der Waals surface area contributed by atoms with Gasteiger partial charge in [0.1, 0.15) is 5.56 Å². The number of rotatable bonds is 5. The third kappa shape index (κ3) is 3.09. The van der Waals surface area contributed by atoms with Gasteiger partial charge in [0.05, 0.1) is 17.8 Å². The molecule has 0 aliphatic heterocycles. The summed E-state index contributed by atoms with van der Waals surface area (Å²) in [4.78, 5) is 16.0. The predicted molar refractivity (Wildman–Crippen MR) is 76.4 cm³/mol. The average molecular weight is 294 g/mol. The van der Waals surface area contributed by atoms with E-state index in [2.05, 4.69) is 10.3 Å². The highest BCUT2D eigenvalue weighted by Crippen LogP contribution is 2.28. The van der Waals surface area contributed by atoms with E-state index in [0.717, 1.165) is 18.6 Å². The van der Waals surface area contributed by atoms with Crippen molar-refractivity contribution in [2.45, 2.75) is 20.3 Å². The molecule has 6 heteroatoms. The van der Waals surface area contributed by atoms with Crippen LogP contribution in [0.25, 0.3) is 10.9 Å². The van der Waals surface area contributed by atoms with Crippen molar-refractivity contribution in [2.75, 3.05) is 18.5 Å². The van der Waals surface area contributed by atoms with Crippen LogP contribution in [0.3, 0.4) is 0 Å². The topological polar surface area (TPSA) is 51.2 Å². The minimum Gasteiger partial charge on any atom is -0.462 e. The summed E-state index contributed by atoms with van der Waals surface area (Å²) < 4.78 is 31.7. The maximum absolute atomic E-state index is 13.5. The smallest absolute Gasteiger partial charge is 0.341 e. The zero-order chi connectivity index (χ0) is 15.4. The Morgan fingerprint density at radius 1 is 1.29 bits per heavy atom. The number of carbonyl (C=O) groups excluding carboxylic acids is 1. The molecule has 0 bridgehead atoms. The van der Waals surface area contributed by atoms with E-state index >= 15 is 0 Å². The normalized spacial score (nSPS) is 10.7. The number of nitrogens with one attached hydrogen (secondary N) is 1. The fourth-order valence-corrected chi connectivity index (χ4v) is 1.99. The highest BCUT2D eigenvalue weighted by Gasteiger charge is 2.18. The second-order valence-corrected chi connectivity index (χ2v) is 4.48. The van der Waals surface area contributed by atoms with Gasteiger partial charge in [0.25, 0.3) is 0 Å². The van der Waals surface area contributed by atoms with Crippen LogP contribution in [0.1, 0.15) is 30.6 Å². The molecule has 0 spiro atoms. The van der Waals surface area contributed by atoms with Crippen molar-refractivity contribution >= 4 is 22.6 Å². The lowest BCUT2D eigenvalue weighted by Crippen LogP contribution is -2.12. The summed E-state index contributed by atoms with van der Waals surface area (Å²) >= 11 is 0. The maximum atomic E-state index is 13.5. The van der Waals surface area contributed by atoms with Gasteiger partial charge >= 0.3 is 5.97 Å². The van der Waals surface area contributed by atoms with Gasteiger partial charge in [0, 0.05) is 24.2 Å². The fraction of sp³-hybridized carbons (Fsp3) is 0.333. The molecule has 1 heterocycles. The van der Waals surface area contributed by atoms with Gasteiger partial charge in [-0.05, 0) is 19.4 Å². The highest BCUT2D eigenvalue weighted by molar-refractivity contribution is 6.04. The van der Waals surface area contributed by atoms with E-state index in [1.165, 1.54) is 6.20 Å². The Labute approximate surface area is 121 Å². The number of ether oxygens (including phenoxy) is 1. The molecule has 21 heavy (non-hydrogen) atoms. The second-order valence-electron chi connectivity index (χ2n) is 4.48. The van der Waals surface area contributed by atoms with Crippen LogP contribution in [0.15, 0.2) is 18.3 Å². The van der Waals surface area contributed by atoms with Crippen LogP contribution in [0.2, 0.25) is 0 Å². The molecular formula is C15H16F2N2O2. The van der Waals surface area contributed by atoms with Gasteiger partial charge in [-0.3, -0.25) is 4.98 Å². The van der Waals surface area contributed by atoms with Crippen molar-refractivity contribution in [3.8, 4) is 0 Å². The lowest BCUT2D eigenvalue weighted by Gasteiger charge is -2.13. The minimum atomic E-state index is -0.982. The summed E-state index contributed by atoms with van der Waals surface area (Å²) in [5.74, 6) is -2.50. The number of esters is 1. The Morgan fingerprint density at radius 2 is 2.00 bits per heavy atom. The van der Waals surface area contributed by atoms with Crippen molar-refractivity contribution < 1.29 is 18.3 Å². The second kappa shape index (κ2) is 6.47. The Morgan fingerprint density at radius 3 is 2.67 bits per heavy atom. The average Bonchev–Trinajstić information content (AvgIpc) is 2.46. The third-order valence-electron chi connectivity index (χ3n) is 2.96. The Balaban J connectivity index is 2.63. The van der Waals surface area contributed by atoms with Gasteiger partial charge < -0.3 is 10.1 Å². The van der Waals surface area contributed by atoms with E-state index in [1.54, 1.807) is 6.92 Å². The number of pyridine rings is 1.